The summed E-state index contributed by atoms with van der Waals surface area (Å²) >= 11 is 1.84. The van der Waals surface area contributed by atoms with Crippen molar-refractivity contribution in [3.63, 3.8) is 0 Å². The van der Waals surface area contributed by atoms with Crippen molar-refractivity contribution in [3.8, 4) is 11.4 Å². The molecule has 1 fully saturated rings. The van der Waals surface area contributed by atoms with E-state index in [-0.39, 0.29) is 0 Å². The smallest absolute Gasteiger partial charge is 0.184 e. The molecule has 0 amide bonds. The molecule has 0 N–H and O–H groups in total. The van der Waals surface area contributed by atoms with E-state index in [2.05, 4.69) is 39.9 Å². The fraction of sp³-hybridized carbons (Fsp3) is 0.400. The Morgan fingerprint density at radius 2 is 1.88 bits per heavy atom. The van der Waals surface area contributed by atoms with Gasteiger partial charge in [0.05, 0.1) is 5.39 Å². The van der Waals surface area contributed by atoms with Crippen LogP contribution in [0.15, 0.2) is 30.5 Å². The molecule has 7 rings (SSSR count). The molecule has 0 saturated carbocycles. The number of para-hydroxylation sites is 1. The summed E-state index contributed by atoms with van der Waals surface area (Å²) in [6.07, 6.45) is 8.46. The standard InChI is InChI=1S/C25H26N6S/c1-16-26-25-22(18-8-6-10-21(18)32-25)24-27-23(28-31(16)24)19-15-30(14-13-29-11-4-5-12-29)20-9-3-2-7-17(19)20/h2-3,7,9,15H,4-6,8,10-14H2,1H3. The highest BCUT2D eigenvalue weighted by molar-refractivity contribution is 7.19. The molecule has 0 radical (unpaired) electrons. The summed E-state index contributed by atoms with van der Waals surface area (Å²) in [5, 5.41) is 7.41. The van der Waals surface area contributed by atoms with E-state index >= 15 is 0 Å². The average Bonchev–Trinajstić information content (AvgIpc) is 3.59. The maximum Gasteiger partial charge on any atom is 0.184 e. The second kappa shape index (κ2) is 7.12. The molecule has 162 valence electrons. The maximum absolute atomic E-state index is 5.12. The van der Waals surface area contributed by atoms with Gasteiger partial charge in [0, 0.05) is 40.6 Å². The molecular weight excluding hydrogens is 416 g/mol. The predicted molar refractivity (Wildman–Crippen MR) is 130 cm³/mol. The van der Waals surface area contributed by atoms with E-state index < -0.39 is 0 Å². The van der Waals surface area contributed by atoms with Crippen LogP contribution in [0.2, 0.25) is 0 Å². The summed E-state index contributed by atoms with van der Waals surface area (Å²) in [5.41, 5.74) is 4.80. The number of fused-ring (bicyclic) bond motifs is 6. The lowest BCUT2D eigenvalue weighted by atomic mass is 10.1. The van der Waals surface area contributed by atoms with Gasteiger partial charge >= 0.3 is 0 Å². The minimum absolute atomic E-state index is 0.802. The Balaban J connectivity index is 1.38. The zero-order chi connectivity index (χ0) is 21.2. The van der Waals surface area contributed by atoms with Crippen molar-refractivity contribution in [2.45, 2.75) is 45.6 Å². The third kappa shape index (κ3) is 2.77. The van der Waals surface area contributed by atoms with Crippen molar-refractivity contribution in [1.82, 2.24) is 29.0 Å². The molecule has 1 aromatic carbocycles. The quantitative estimate of drug-likeness (QED) is 0.399. The number of rotatable bonds is 4. The monoisotopic (exact) mass is 442 g/mol. The number of aromatic nitrogens is 5. The highest BCUT2D eigenvalue weighted by Gasteiger charge is 2.24. The van der Waals surface area contributed by atoms with Crippen LogP contribution in [0.1, 0.15) is 35.5 Å². The first-order valence-corrected chi connectivity index (χ1v) is 12.6. The second-order valence-electron chi connectivity index (χ2n) is 9.17. The third-order valence-electron chi connectivity index (χ3n) is 7.19. The Labute approximate surface area is 190 Å². The zero-order valence-corrected chi connectivity index (χ0v) is 19.2. The van der Waals surface area contributed by atoms with Crippen molar-refractivity contribution in [2.75, 3.05) is 19.6 Å². The molecule has 4 aromatic heterocycles. The van der Waals surface area contributed by atoms with E-state index in [4.69, 9.17) is 15.1 Å². The lowest BCUT2D eigenvalue weighted by molar-refractivity contribution is 0.324. The molecule has 5 heterocycles. The summed E-state index contributed by atoms with van der Waals surface area (Å²) in [7, 11) is 0. The Bertz CT molecular complexity index is 1480. The maximum atomic E-state index is 5.12. The normalized spacial score (nSPS) is 16.8. The van der Waals surface area contributed by atoms with Crippen LogP contribution in [0, 0.1) is 6.92 Å². The van der Waals surface area contributed by atoms with Crippen molar-refractivity contribution >= 4 is 38.1 Å². The molecule has 0 unspecified atom stereocenters. The van der Waals surface area contributed by atoms with Crippen molar-refractivity contribution < 1.29 is 0 Å². The molecule has 0 spiro atoms. The number of hydrogen-bond donors (Lipinski definition) is 0. The predicted octanol–water partition coefficient (Wildman–Crippen LogP) is 4.85. The first-order chi connectivity index (χ1) is 15.8. The van der Waals surface area contributed by atoms with Gasteiger partial charge in [-0.3, -0.25) is 0 Å². The van der Waals surface area contributed by atoms with Gasteiger partial charge in [0.2, 0.25) is 0 Å². The summed E-state index contributed by atoms with van der Waals surface area (Å²) in [5.74, 6) is 1.71. The van der Waals surface area contributed by atoms with Gasteiger partial charge in [0.1, 0.15) is 10.7 Å². The number of hydrogen-bond acceptors (Lipinski definition) is 5. The van der Waals surface area contributed by atoms with E-state index in [1.54, 1.807) is 0 Å². The molecular formula is C25H26N6S. The van der Waals surface area contributed by atoms with Crippen LogP contribution in [-0.2, 0) is 19.4 Å². The number of likely N-dealkylation sites (tertiary alicyclic amines) is 1. The van der Waals surface area contributed by atoms with Gasteiger partial charge in [-0.05, 0) is 63.7 Å². The fourth-order valence-corrected chi connectivity index (χ4v) is 6.87. The van der Waals surface area contributed by atoms with E-state index in [1.165, 1.54) is 65.5 Å². The first kappa shape index (κ1) is 18.8. The zero-order valence-electron chi connectivity index (χ0n) is 18.3. The highest BCUT2D eigenvalue weighted by atomic mass is 32.1. The summed E-state index contributed by atoms with van der Waals surface area (Å²) in [4.78, 5) is 15.2. The molecule has 1 aliphatic heterocycles. The molecule has 1 saturated heterocycles. The largest absolute Gasteiger partial charge is 0.345 e. The van der Waals surface area contributed by atoms with E-state index in [0.29, 0.717) is 0 Å². The molecule has 0 bridgehead atoms. The van der Waals surface area contributed by atoms with Crippen LogP contribution in [0.4, 0.5) is 0 Å². The lowest BCUT2D eigenvalue weighted by Gasteiger charge is -2.15. The molecule has 7 heteroatoms. The van der Waals surface area contributed by atoms with Crippen LogP contribution < -0.4 is 0 Å². The summed E-state index contributed by atoms with van der Waals surface area (Å²) in [6.45, 7) is 6.59. The summed E-state index contributed by atoms with van der Waals surface area (Å²) in [6, 6.07) is 8.66. The summed E-state index contributed by atoms with van der Waals surface area (Å²) < 4.78 is 4.34. The van der Waals surface area contributed by atoms with E-state index in [1.807, 2.05) is 22.8 Å². The average molecular weight is 443 g/mol. The van der Waals surface area contributed by atoms with Gasteiger partial charge in [0.15, 0.2) is 11.5 Å². The van der Waals surface area contributed by atoms with Gasteiger partial charge in [0.25, 0.3) is 0 Å². The van der Waals surface area contributed by atoms with Crippen molar-refractivity contribution in [2.24, 2.45) is 0 Å². The Hall–Kier alpha value is -2.77. The van der Waals surface area contributed by atoms with Crippen LogP contribution >= 0.6 is 11.3 Å². The van der Waals surface area contributed by atoms with Crippen molar-refractivity contribution in [3.05, 3.63) is 46.7 Å². The topological polar surface area (TPSA) is 51.2 Å². The minimum atomic E-state index is 0.802. The molecule has 6 nitrogen and oxygen atoms in total. The van der Waals surface area contributed by atoms with E-state index in [0.717, 1.165) is 47.2 Å². The van der Waals surface area contributed by atoms with Crippen molar-refractivity contribution in [1.29, 1.82) is 0 Å². The third-order valence-corrected chi connectivity index (χ3v) is 8.37. The first-order valence-electron chi connectivity index (χ1n) is 11.7. The Morgan fingerprint density at radius 3 is 2.78 bits per heavy atom. The van der Waals surface area contributed by atoms with Crippen LogP contribution in [-0.4, -0.2) is 48.7 Å². The highest BCUT2D eigenvalue weighted by Crippen LogP contribution is 2.39. The molecule has 2 aliphatic rings. The number of benzene rings is 1. The Kier molecular flexibility index (Phi) is 4.17. The number of aryl methyl sites for hydroxylation is 3. The molecule has 0 atom stereocenters. The second-order valence-corrected chi connectivity index (χ2v) is 10.3. The fourth-order valence-electron chi connectivity index (χ4n) is 5.57. The van der Waals surface area contributed by atoms with Crippen LogP contribution in [0.3, 0.4) is 0 Å². The van der Waals surface area contributed by atoms with Gasteiger partial charge in [-0.25, -0.2) is 9.97 Å². The minimum Gasteiger partial charge on any atom is -0.345 e. The van der Waals surface area contributed by atoms with Gasteiger partial charge in [-0.1, -0.05) is 18.2 Å². The SMILES string of the molecule is Cc1nc2sc3c(c2c2nc(-c4cn(CCN5CCCC5)c5ccccc45)nn12)CCC3. The molecule has 1 aliphatic carbocycles. The number of nitrogens with zero attached hydrogens (tertiary/aromatic N) is 6. The van der Waals surface area contributed by atoms with Crippen LogP contribution in [0.5, 0.6) is 0 Å². The molecule has 32 heavy (non-hydrogen) atoms. The van der Waals surface area contributed by atoms with Gasteiger partial charge < -0.3 is 9.47 Å². The van der Waals surface area contributed by atoms with Gasteiger partial charge in [-0.15, -0.1) is 16.4 Å². The van der Waals surface area contributed by atoms with Gasteiger partial charge in [-0.2, -0.15) is 4.52 Å². The Morgan fingerprint density at radius 1 is 1.00 bits per heavy atom. The van der Waals surface area contributed by atoms with Crippen LogP contribution in [0.25, 0.3) is 38.2 Å². The lowest BCUT2D eigenvalue weighted by Crippen LogP contribution is -2.23. The molecule has 5 aromatic rings. The number of thiophene rings is 1. The van der Waals surface area contributed by atoms with E-state index in [9.17, 15) is 0 Å².